The Bertz CT molecular complexity index is 914. The Morgan fingerprint density at radius 1 is 1.15 bits per heavy atom. The monoisotopic (exact) mass is 469 g/mol. The number of pyridine rings is 1. The highest BCUT2D eigenvalue weighted by Gasteiger charge is 2.38. The molecule has 33 heavy (non-hydrogen) atoms. The molecule has 4 rings (SSSR count). The quantitative estimate of drug-likeness (QED) is 0.740. The Kier molecular flexibility index (Phi) is 8.45. The van der Waals surface area contributed by atoms with Crippen LogP contribution in [0.15, 0.2) is 42.7 Å². The minimum absolute atomic E-state index is 0.0468. The van der Waals surface area contributed by atoms with Gasteiger partial charge in [-0.15, -0.1) is 0 Å². The molecule has 0 aromatic carbocycles. The minimum Gasteiger partial charge on any atom is -0.475 e. The molecule has 1 atom stereocenters. The summed E-state index contributed by atoms with van der Waals surface area (Å²) >= 11 is 0. The maximum absolute atomic E-state index is 13.1. The van der Waals surface area contributed by atoms with Gasteiger partial charge in [0.1, 0.15) is 0 Å². The van der Waals surface area contributed by atoms with E-state index in [-0.39, 0.29) is 17.9 Å². The second kappa shape index (κ2) is 11.3. The highest BCUT2D eigenvalue weighted by atomic mass is 19.4. The molecule has 8 nitrogen and oxygen atoms in total. The number of aromatic nitrogens is 2. The number of alkyl halides is 3. The van der Waals surface area contributed by atoms with Crippen LogP contribution in [0, 0.1) is 5.92 Å². The summed E-state index contributed by atoms with van der Waals surface area (Å²) in [5.41, 5.74) is 2.07. The second-order valence-electron chi connectivity index (χ2n) is 7.81. The molecule has 0 saturated carbocycles. The van der Waals surface area contributed by atoms with Crippen molar-refractivity contribution in [1.82, 2.24) is 14.5 Å². The van der Waals surface area contributed by atoms with Crippen molar-refractivity contribution in [3.05, 3.63) is 54.1 Å². The number of nitrogens with zero attached hydrogens (tertiary/aromatic N) is 3. The summed E-state index contributed by atoms with van der Waals surface area (Å²) in [6, 6.07) is 9.95. The fourth-order valence-electron chi connectivity index (χ4n) is 3.72. The molecule has 4 heterocycles. The molecular formula is C22H26F3N3O5. The normalized spacial score (nSPS) is 19.1. The van der Waals surface area contributed by atoms with Gasteiger partial charge < -0.3 is 24.0 Å². The SMILES string of the molecule is O=C(C1CCOCC1)N1Cc2cccn2CC(OCc2ccccn2)C1.O=C(O)C(F)(F)F. The summed E-state index contributed by atoms with van der Waals surface area (Å²) in [5, 5.41) is 7.12. The van der Waals surface area contributed by atoms with Crippen molar-refractivity contribution in [2.75, 3.05) is 19.8 Å². The number of halogens is 3. The number of fused-ring (bicyclic) bond motifs is 1. The van der Waals surface area contributed by atoms with E-state index in [0.29, 0.717) is 32.9 Å². The molecule has 0 bridgehead atoms. The number of carboxylic acid groups (broad SMARTS) is 1. The van der Waals surface area contributed by atoms with E-state index >= 15 is 0 Å². The molecule has 2 aromatic heterocycles. The fourth-order valence-corrected chi connectivity index (χ4v) is 3.72. The van der Waals surface area contributed by atoms with E-state index in [4.69, 9.17) is 19.4 Å². The largest absolute Gasteiger partial charge is 0.490 e. The standard InChI is InChI=1S/C20H25N3O3.C2HF3O2/c24-20(16-6-10-25-11-7-16)23-12-18-5-3-9-22(18)13-19(14-23)26-15-17-4-1-2-8-21-17;3-2(4,5)1(6)7/h1-5,8-9,16,19H,6-7,10-15H2;(H,6,7). The van der Waals surface area contributed by atoms with Crippen molar-refractivity contribution in [3.63, 3.8) is 0 Å². The molecule has 1 N–H and O–H groups in total. The minimum atomic E-state index is -5.08. The Morgan fingerprint density at radius 2 is 1.88 bits per heavy atom. The van der Waals surface area contributed by atoms with E-state index in [1.165, 1.54) is 0 Å². The average molecular weight is 469 g/mol. The van der Waals surface area contributed by atoms with E-state index in [0.717, 1.165) is 30.8 Å². The summed E-state index contributed by atoms with van der Waals surface area (Å²) in [6.45, 7) is 3.84. The molecule has 0 aliphatic carbocycles. The molecule has 0 spiro atoms. The van der Waals surface area contributed by atoms with Crippen molar-refractivity contribution >= 4 is 11.9 Å². The van der Waals surface area contributed by atoms with Gasteiger partial charge >= 0.3 is 12.1 Å². The predicted octanol–water partition coefficient (Wildman–Crippen LogP) is 2.87. The number of hydrogen-bond acceptors (Lipinski definition) is 5. The number of hydrogen-bond donors (Lipinski definition) is 1. The molecule has 2 aliphatic heterocycles. The number of aliphatic carboxylic acids is 1. The molecule has 1 saturated heterocycles. The van der Waals surface area contributed by atoms with E-state index < -0.39 is 12.1 Å². The lowest BCUT2D eigenvalue weighted by Gasteiger charge is -2.30. The van der Waals surface area contributed by atoms with Gasteiger partial charge in [-0.2, -0.15) is 13.2 Å². The highest BCUT2D eigenvalue weighted by molar-refractivity contribution is 5.79. The Hall–Kier alpha value is -2.92. The van der Waals surface area contributed by atoms with Crippen molar-refractivity contribution in [2.45, 2.75) is 44.8 Å². The first-order chi connectivity index (χ1) is 15.7. The van der Waals surface area contributed by atoms with Gasteiger partial charge in [0.15, 0.2) is 0 Å². The molecule has 1 fully saturated rings. The summed E-state index contributed by atoms with van der Waals surface area (Å²) in [6.07, 6.45) is 0.339. The van der Waals surface area contributed by atoms with Crippen LogP contribution in [-0.2, 0) is 38.8 Å². The third-order valence-electron chi connectivity index (χ3n) is 5.42. The molecule has 1 amide bonds. The Morgan fingerprint density at radius 3 is 2.52 bits per heavy atom. The lowest BCUT2D eigenvalue weighted by atomic mass is 9.98. The maximum atomic E-state index is 13.1. The molecule has 11 heteroatoms. The van der Waals surface area contributed by atoms with Crippen molar-refractivity contribution in [1.29, 1.82) is 0 Å². The maximum Gasteiger partial charge on any atom is 0.490 e. The Balaban J connectivity index is 0.000000383. The van der Waals surface area contributed by atoms with Crippen LogP contribution in [0.3, 0.4) is 0 Å². The number of carbonyl (C=O) groups excluding carboxylic acids is 1. The predicted molar refractivity (Wildman–Crippen MR) is 110 cm³/mol. The average Bonchev–Trinajstić information content (AvgIpc) is 3.16. The van der Waals surface area contributed by atoms with Gasteiger partial charge in [0.2, 0.25) is 5.91 Å². The molecule has 0 radical (unpaired) electrons. The number of ether oxygens (including phenoxy) is 2. The van der Waals surface area contributed by atoms with E-state index in [9.17, 15) is 18.0 Å². The molecule has 2 aromatic rings. The summed E-state index contributed by atoms with van der Waals surface area (Å²) in [7, 11) is 0. The lowest BCUT2D eigenvalue weighted by Crippen LogP contribution is -2.42. The van der Waals surface area contributed by atoms with Crippen LogP contribution in [0.2, 0.25) is 0 Å². The Labute approximate surface area is 188 Å². The molecular weight excluding hydrogens is 443 g/mol. The topological polar surface area (TPSA) is 93.9 Å². The number of carbonyl (C=O) groups is 2. The highest BCUT2D eigenvalue weighted by Crippen LogP contribution is 2.22. The van der Waals surface area contributed by atoms with Crippen LogP contribution >= 0.6 is 0 Å². The summed E-state index contributed by atoms with van der Waals surface area (Å²) in [5.74, 6) is -2.46. The molecule has 180 valence electrons. The fraction of sp³-hybridized carbons (Fsp3) is 0.500. The van der Waals surface area contributed by atoms with E-state index in [2.05, 4.69) is 21.8 Å². The van der Waals surface area contributed by atoms with Gasteiger partial charge in [0.25, 0.3) is 0 Å². The van der Waals surface area contributed by atoms with Gasteiger partial charge in [0.05, 0.1) is 31.5 Å². The van der Waals surface area contributed by atoms with Crippen LogP contribution in [0.25, 0.3) is 0 Å². The van der Waals surface area contributed by atoms with Crippen molar-refractivity contribution in [2.24, 2.45) is 5.92 Å². The zero-order valence-electron chi connectivity index (χ0n) is 17.9. The molecule has 1 unspecified atom stereocenters. The molecule has 2 aliphatic rings. The van der Waals surface area contributed by atoms with Crippen LogP contribution in [-0.4, -0.2) is 63.5 Å². The third-order valence-corrected chi connectivity index (χ3v) is 5.42. The van der Waals surface area contributed by atoms with E-state index in [1.54, 1.807) is 6.20 Å². The first-order valence-electron chi connectivity index (χ1n) is 10.6. The second-order valence-corrected chi connectivity index (χ2v) is 7.81. The van der Waals surface area contributed by atoms with Crippen LogP contribution < -0.4 is 0 Å². The third kappa shape index (κ3) is 7.29. The van der Waals surface area contributed by atoms with E-state index in [1.807, 2.05) is 29.2 Å². The lowest BCUT2D eigenvalue weighted by molar-refractivity contribution is -0.192. The zero-order valence-corrected chi connectivity index (χ0v) is 17.9. The van der Waals surface area contributed by atoms with Gasteiger partial charge in [-0.05, 0) is 37.1 Å². The van der Waals surface area contributed by atoms with Crippen LogP contribution in [0.4, 0.5) is 13.2 Å². The first kappa shape index (κ1) is 24.7. The zero-order chi connectivity index (χ0) is 23.8. The van der Waals surface area contributed by atoms with Crippen LogP contribution in [0.5, 0.6) is 0 Å². The van der Waals surface area contributed by atoms with Gasteiger partial charge in [-0.1, -0.05) is 6.07 Å². The summed E-state index contributed by atoms with van der Waals surface area (Å²) < 4.78 is 45.5. The van der Waals surface area contributed by atoms with Crippen LogP contribution in [0.1, 0.15) is 24.2 Å². The number of rotatable bonds is 4. The summed E-state index contributed by atoms with van der Waals surface area (Å²) in [4.78, 5) is 28.2. The van der Waals surface area contributed by atoms with Gasteiger partial charge in [-0.25, -0.2) is 4.79 Å². The van der Waals surface area contributed by atoms with Gasteiger partial charge in [0, 0.05) is 43.8 Å². The number of carboxylic acids is 1. The smallest absolute Gasteiger partial charge is 0.475 e. The van der Waals surface area contributed by atoms with Crippen molar-refractivity contribution in [3.8, 4) is 0 Å². The van der Waals surface area contributed by atoms with Crippen molar-refractivity contribution < 1.29 is 37.3 Å². The first-order valence-corrected chi connectivity index (χ1v) is 10.6. The van der Waals surface area contributed by atoms with Gasteiger partial charge in [-0.3, -0.25) is 9.78 Å². The number of amides is 1.